The lowest BCUT2D eigenvalue weighted by atomic mass is 9.95. The number of fused-ring (bicyclic) bond motifs is 3. The number of methoxy groups -OCH3 is 1. The Bertz CT molecular complexity index is 1090. The minimum atomic E-state index is -0.255. The molecule has 0 saturated carbocycles. The minimum absolute atomic E-state index is 0.0356. The van der Waals surface area contributed by atoms with Crippen molar-refractivity contribution in [1.82, 2.24) is 19.8 Å². The van der Waals surface area contributed by atoms with Gasteiger partial charge >= 0.3 is 0 Å². The molecule has 7 heteroatoms. The zero-order valence-electron chi connectivity index (χ0n) is 19.0. The Labute approximate surface area is 193 Å². The summed E-state index contributed by atoms with van der Waals surface area (Å²) in [5, 5.41) is 3.14. The molecule has 0 spiro atoms. The highest BCUT2D eigenvalue weighted by Crippen LogP contribution is 2.42. The maximum atomic E-state index is 14.1. The van der Waals surface area contributed by atoms with Crippen molar-refractivity contribution in [3.63, 3.8) is 0 Å². The van der Waals surface area contributed by atoms with E-state index in [4.69, 9.17) is 4.74 Å². The fourth-order valence-corrected chi connectivity index (χ4v) is 5.80. The predicted octanol–water partition coefficient (Wildman–Crippen LogP) is 4.24. The van der Waals surface area contributed by atoms with E-state index in [0.29, 0.717) is 23.6 Å². The van der Waals surface area contributed by atoms with Crippen LogP contribution < -0.4 is 5.32 Å². The van der Waals surface area contributed by atoms with Gasteiger partial charge in [0, 0.05) is 31.8 Å². The number of aromatic nitrogens is 2. The van der Waals surface area contributed by atoms with E-state index in [9.17, 15) is 9.18 Å². The van der Waals surface area contributed by atoms with Gasteiger partial charge in [0.15, 0.2) is 5.82 Å². The number of para-hydroxylation sites is 1. The maximum Gasteiger partial charge on any atom is 0.246 e. The van der Waals surface area contributed by atoms with Gasteiger partial charge in [0.25, 0.3) is 0 Å². The number of carbonyl (C=O) groups excluding carboxylic acids is 1. The second kappa shape index (κ2) is 9.61. The zero-order chi connectivity index (χ0) is 22.8. The summed E-state index contributed by atoms with van der Waals surface area (Å²) in [5.74, 6) is -0.346. The van der Waals surface area contributed by atoms with Crippen molar-refractivity contribution in [3.05, 3.63) is 66.2 Å². The smallest absolute Gasteiger partial charge is 0.246 e. The number of rotatable bonds is 8. The lowest BCUT2D eigenvalue weighted by molar-refractivity contribution is -0.125. The number of hydrogen-bond acceptors (Lipinski definition) is 4. The molecule has 33 heavy (non-hydrogen) atoms. The third kappa shape index (κ3) is 4.52. The quantitative estimate of drug-likeness (QED) is 0.558. The van der Waals surface area contributed by atoms with E-state index < -0.39 is 0 Å². The van der Waals surface area contributed by atoms with Crippen LogP contribution in [0.4, 0.5) is 4.39 Å². The lowest BCUT2D eigenvalue weighted by Gasteiger charge is -2.40. The Morgan fingerprint density at radius 3 is 2.61 bits per heavy atom. The number of imidazole rings is 1. The normalized spacial score (nSPS) is 23.6. The first kappa shape index (κ1) is 22.0. The van der Waals surface area contributed by atoms with Crippen LogP contribution in [0.1, 0.15) is 49.8 Å². The molecular formula is C26H31FN4O2. The number of hydrogen-bond donors (Lipinski definition) is 1. The molecule has 0 aliphatic carbocycles. The van der Waals surface area contributed by atoms with Crippen LogP contribution in [0.15, 0.2) is 54.9 Å². The summed E-state index contributed by atoms with van der Waals surface area (Å²) in [6.45, 7) is 1.01. The standard InChI is InChI=1S/C26H31FN4O2/c1-33-16-25(32)29-23(18-6-3-2-4-7-18)12-13-30-19-10-11-20(30)15-21(14-19)31-17-28-26-22(27)8-5-9-24(26)31/h2-9,17,19-21,23H,10-16H2,1H3,(H,29,32)/t19?,20?,21?,23-/m0/s1. The summed E-state index contributed by atoms with van der Waals surface area (Å²) in [6, 6.07) is 16.7. The molecule has 1 aromatic heterocycles. The fourth-order valence-electron chi connectivity index (χ4n) is 5.80. The van der Waals surface area contributed by atoms with Crippen molar-refractivity contribution in [2.45, 2.75) is 56.3 Å². The average molecular weight is 451 g/mol. The summed E-state index contributed by atoms with van der Waals surface area (Å²) < 4.78 is 21.3. The molecule has 2 aromatic carbocycles. The van der Waals surface area contributed by atoms with Crippen molar-refractivity contribution >= 4 is 16.9 Å². The number of ether oxygens (including phenoxy) is 1. The first-order chi connectivity index (χ1) is 16.1. The second-order valence-corrected chi connectivity index (χ2v) is 9.26. The van der Waals surface area contributed by atoms with E-state index in [-0.39, 0.29) is 24.4 Å². The number of nitrogens with zero attached hydrogens (tertiary/aromatic N) is 3. The van der Waals surface area contributed by atoms with E-state index in [1.54, 1.807) is 6.07 Å². The molecule has 1 amide bonds. The molecule has 1 N–H and O–H groups in total. The van der Waals surface area contributed by atoms with Crippen LogP contribution in [0.3, 0.4) is 0 Å². The summed E-state index contributed by atoms with van der Waals surface area (Å²) >= 11 is 0. The van der Waals surface area contributed by atoms with Crippen LogP contribution in [-0.2, 0) is 9.53 Å². The van der Waals surface area contributed by atoms with Crippen LogP contribution >= 0.6 is 0 Å². The number of benzene rings is 2. The zero-order valence-corrected chi connectivity index (χ0v) is 19.0. The highest BCUT2D eigenvalue weighted by Gasteiger charge is 2.41. The molecule has 174 valence electrons. The molecule has 5 rings (SSSR count). The highest BCUT2D eigenvalue weighted by atomic mass is 19.1. The first-order valence-corrected chi connectivity index (χ1v) is 11.8. The van der Waals surface area contributed by atoms with Gasteiger partial charge in [0.1, 0.15) is 12.1 Å². The van der Waals surface area contributed by atoms with E-state index >= 15 is 0 Å². The third-order valence-corrected chi connectivity index (χ3v) is 7.30. The van der Waals surface area contributed by atoms with Gasteiger partial charge in [-0.05, 0) is 49.8 Å². The van der Waals surface area contributed by atoms with Crippen LogP contribution in [0, 0.1) is 5.82 Å². The largest absolute Gasteiger partial charge is 0.375 e. The molecule has 2 bridgehead atoms. The monoisotopic (exact) mass is 450 g/mol. The summed E-state index contributed by atoms with van der Waals surface area (Å²) in [4.78, 5) is 19.2. The van der Waals surface area contributed by atoms with E-state index in [0.717, 1.165) is 36.9 Å². The van der Waals surface area contributed by atoms with Gasteiger partial charge < -0.3 is 14.6 Å². The SMILES string of the molecule is COCC(=O)N[C@@H](CCN1C2CCC1CC(n1cnc3c(F)cccc31)C2)c1ccccc1. The van der Waals surface area contributed by atoms with E-state index in [1.807, 2.05) is 30.6 Å². The van der Waals surface area contributed by atoms with Crippen LogP contribution in [0.5, 0.6) is 0 Å². The molecule has 6 nitrogen and oxygen atoms in total. The molecule has 2 aliphatic heterocycles. The van der Waals surface area contributed by atoms with Gasteiger partial charge in [-0.25, -0.2) is 9.37 Å². The molecule has 3 aromatic rings. The number of halogens is 1. The molecule has 0 radical (unpaired) electrons. The van der Waals surface area contributed by atoms with Crippen molar-refractivity contribution in [1.29, 1.82) is 0 Å². The second-order valence-electron chi connectivity index (χ2n) is 9.26. The Hall–Kier alpha value is -2.77. The molecule has 2 unspecified atom stereocenters. The maximum absolute atomic E-state index is 14.1. The predicted molar refractivity (Wildman–Crippen MR) is 125 cm³/mol. The molecule has 2 saturated heterocycles. The van der Waals surface area contributed by atoms with E-state index in [1.165, 1.54) is 26.0 Å². The van der Waals surface area contributed by atoms with Crippen molar-refractivity contribution < 1.29 is 13.9 Å². The average Bonchev–Trinajstić information content (AvgIpc) is 3.36. The third-order valence-electron chi connectivity index (χ3n) is 7.30. The van der Waals surface area contributed by atoms with Gasteiger partial charge in [0.05, 0.1) is 17.9 Å². The van der Waals surface area contributed by atoms with Crippen LogP contribution in [-0.4, -0.2) is 52.7 Å². The molecular weight excluding hydrogens is 419 g/mol. The first-order valence-electron chi connectivity index (χ1n) is 11.8. The van der Waals surface area contributed by atoms with Gasteiger partial charge in [-0.15, -0.1) is 0 Å². The van der Waals surface area contributed by atoms with Crippen LogP contribution in [0.25, 0.3) is 11.0 Å². The van der Waals surface area contributed by atoms with Crippen LogP contribution in [0.2, 0.25) is 0 Å². The van der Waals surface area contributed by atoms with Crippen molar-refractivity contribution in [3.8, 4) is 0 Å². The number of amides is 1. The Morgan fingerprint density at radius 1 is 1.12 bits per heavy atom. The molecule has 2 aliphatic rings. The van der Waals surface area contributed by atoms with Gasteiger partial charge in [-0.1, -0.05) is 36.4 Å². The molecule has 3 atom stereocenters. The minimum Gasteiger partial charge on any atom is -0.375 e. The lowest BCUT2D eigenvalue weighted by Crippen LogP contribution is -2.45. The Morgan fingerprint density at radius 2 is 1.88 bits per heavy atom. The Balaban J connectivity index is 1.27. The summed E-state index contributed by atoms with van der Waals surface area (Å²) in [6.07, 6.45) is 7.14. The van der Waals surface area contributed by atoms with Crippen molar-refractivity contribution in [2.75, 3.05) is 20.3 Å². The number of piperidine rings is 1. The summed E-state index contributed by atoms with van der Waals surface area (Å²) in [7, 11) is 1.54. The number of carbonyl (C=O) groups is 1. The summed E-state index contributed by atoms with van der Waals surface area (Å²) in [5.41, 5.74) is 2.47. The van der Waals surface area contributed by atoms with Gasteiger partial charge in [-0.2, -0.15) is 0 Å². The Kier molecular flexibility index (Phi) is 6.42. The number of nitrogens with one attached hydrogen (secondary N) is 1. The topological polar surface area (TPSA) is 59.4 Å². The van der Waals surface area contributed by atoms with Crippen molar-refractivity contribution in [2.24, 2.45) is 0 Å². The fraction of sp³-hybridized carbons (Fsp3) is 0.462. The van der Waals surface area contributed by atoms with Gasteiger partial charge in [0.2, 0.25) is 5.91 Å². The van der Waals surface area contributed by atoms with E-state index in [2.05, 4.69) is 31.9 Å². The molecule has 3 heterocycles. The van der Waals surface area contributed by atoms with Gasteiger partial charge in [-0.3, -0.25) is 9.69 Å². The molecule has 2 fully saturated rings. The highest BCUT2D eigenvalue weighted by molar-refractivity contribution is 5.77.